The van der Waals surface area contributed by atoms with E-state index in [1.807, 2.05) is 13.8 Å². The molecule has 1 heterocycles. The molecule has 1 rings (SSSR count). The predicted octanol–water partition coefficient (Wildman–Crippen LogP) is 1.45. The number of alkyl halides is 1. The number of halogens is 1. The van der Waals surface area contributed by atoms with Gasteiger partial charge in [0.1, 0.15) is 5.60 Å². The van der Waals surface area contributed by atoms with Crippen molar-refractivity contribution in [1.29, 1.82) is 0 Å². The van der Waals surface area contributed by atoms with Gasteiger partial charge in [-0.15, -0.1) is 0 Å². The summed E-state index contributed by atoms with van der Waals surface area (Å²) < 4.78 is 24.0. The third-order valence-electron chi connectivity index (χ3n) is 3.13. The Kier molecular flexibility index (Phi) is 4.89. The molecule has 0 aromatic heterocycles. The van der Waals surface area contributed by atoms with Crippen LogP contribution in [0.25, 0.3) is 0 Å². The van der Waals surface area contributed by atoms with E-state index < -0.39 is 17.7 Å². The summed E-state index contributed by atoms with van der Waals surface area (Å²) in [5.74, 6) is -0.810. The molecular formula is C12H21FO4. The molecule has 1 N–H and O–H groups in total. The van der Waals surface area contributed by atoms with Gasteiger partial charge >= 0.3 is 5.97 Å². The van der Waals surface area contributed by atoms with Crippen LogP contribution >= 0.6 is 0 Å². The van der Waals surface area contributed by atoms with Crippen molar-refractivity contribution < 1.29 is 23.8 Å². The largest absolute Gasteiger partial charge is 0.464 e. The Balaban J connectivity index is 2.69. The third-order valence-corrected chi connectivity index (χ3v) is 3.13. The smallest absolute Gasteiger partial charge is 0.343 e. The van der Waals surface area contributed by atoms with E-state index >= 15 is 0 Å². The topological polar surface area (TPSA) is 55.8 Å². The van der Waals surface area contributed by atoms with Crippen LogP contribution in [0.4, 0.5) is 4.39 Å². The number of hydrogen-bond donors (Lipinski definition) is 1. The van der Waals surface area contributed by atoms with Crippen molar-refractivity contribution in [2.75, 3.05) is 13.2 Å². The fourth-order valence-electron chi connectivity index (χ4n) is 1.99. The Morgan fingerprint density at radius 3 is 2.82 bits per heavy atom. The maximum atomic E-state index is 13.9. The van der Waals surface area contributed by atoms with E-state index in [0.717, 1.165) is 0 Å². The van der Waals surface area contributed by atoms with E-state index in [1.54, 1.807) is 6.92 Å². The summed E-state index contributed by atoms with van der Waals surface area (Å²) >= 11 is 0. The third kappa shape index (κ3) is 3.39. The van der Waals surface area contributed by atoms with Crippen molar-refractivity contribution >= 4 is 5.97 Å². The van der Waals surface area contributed by atoms with Gasteiger partial charge in [0.05, 0.1) is 12.7 Å². The number of rotatable bonds is 4. The molecule has 0 aromatic rings. The summed E-state index contributed by atoms with van der Waals surface area (Å²) in [7, 11) is 0. The monoisotopic (exact) mass is 248 g/mol. The average Bonchev–Trinajstić information content (AvgIpc) is 2.28. The summed E-state index contributed by atoms with van der Waals surface area (Å²) in [6.45, 7) is 5.86. The lowest BCUT2D eigenvalue weighted by atomic mass is 9.83. The highest BCUT2D eigenvalue weighted by Gasteiger charge is 2.47. The number of esters is 1. The number of carbonyl (C=O) groups is 1. The molecule has 0 saturated carbocycles. The Morgan fingerprint density at radius 2 is 2.29 bits per heavy atom. The van der Waals surface area contributed by atoms with E-state index in [-0.39, 0.29) is 38.1 Å². The van der Waals surface area contributed by atoms with E-state index in [9.17, 15) is 14.3 Å². The van der Waals surface area contributed by atoms with Crippen LogP contribution in [0.5, 0.6) is 0 Å². The van der Waals surface area contributed by atoms with Crippen LogP contribution in [0.15, 0.2) is 0 Å². The molecule has 4 nitrogen and oxygen atoms in total. The van der Waals surface area contributed by atoms with Gasteiger partial charge < -0.3 is 14.6 Å². The first-order valence-electron chi connectivity index (χ1n) is 6.05. The lowest BCUT2D eigenvalue weighted by molar-refractivity contribution is -0.178. The Labute approximate surface area is 101 Å². The van der Waals surface area contributed by atoms with Crippen molar-refractivity contribution in [2.45, 2.75) is 51.5 Å². The van der Waals surface area contributed by atoms with Gasteiger partial charge in [-0.3, -0.25) is 0 Å². The van der Waals surface area contributed by atoms with Crippen LogP contribution in [-0.4, -0.2) is 42.2 Å². The minimum Gasteiger partial charge on any atom is -0.464 e. The van der Waals surface area contributed by atoms with Gasteiger partial charge in [0.2, 0.25) is 6.17 Å². The zero-order chi connectivity index (χ0) is 13.1. The second-order valence-corrected chi connectivity index (χ2v) is 4.83. The van der Waals surface area contributed by atoms with Crippen molar-refractivity contribution in [3.8, 4) is 0 Å². The molecule has 0 aliphatic carbocycles. The maximum absolute atomic E-state index is 13.9. The standard InChI is InChI=1S/C12H21FO4/c1-4-16-11(14)10(13)12(15)5-6-17-9(7-12)8(2)3/h8-10,15H,4-7H2,1-3H3. The SMILES string of the molecule is CCOC(=O)C(F)C1(O)CCOC(C(C)C)C1. The van der Waals surface area contributed by atoms with Gasteiger partial charge in [-0.25, -0.2) is 9.18 Å². The van der Waals surface area contributed by atoms with Gasteiger partial charge in [-0.1, -0.05) is 13.8 Å². The summed E-state index contributed by atoms with van der Waals surface area (Å²) in [6.07, 6.45) is -1.96. The van der Waals surface area contributed by atoms with Gasteiger partial charge in [0.25, 0.3) is 0 Å². The molecular weight excluding hydrogens is 227 g/mol. The summed E-state index contributed by atoms with van der Waals surface area (Å²) in [5.41, 5.74) is -1.65. The first kappa shape index (κ1) is 14.4. The molecule has 0 aromatic carbocycles. The zero-order valence-corrected chi connectivity index (χ0v) is 10.6. The van der Waals surface area contributed by atoms with Crippen LogP contribution in [-0.2, 0) is 14.3 Å². The maximum Gasteiger partial charge on any atom is 0.343 e. The van der Waals surface area contributed by atoms with Crippen LogP contribution in [0.1, 0.15) is 33.6 Å². The average molecular weight is 248 g/mol. The first-order valence-corrected chi connectivity index (χ1v) is 6.05. The lowest BCUT2D eigenvalue weighted by Gasteiger charge is -2.39. The van der Waals surface area contributed by atoms with E-state index in [0.29, 0.717) is 0 Å². The van der Waals surface area contributed by atoms with E-state index in [4.69, 9.17) is 4.74 Å². The fourth-order valence-corrected chi connectivity index (χ4v) is 1.99. The Bertz CT molecular complexity index is 269. The van der Waals surface area contributed by atoms with Crippen molar-refractivity contribution in [2.24, 2.45) is 5.92 Å². The second kappa shape index (κ2) is 5.78. The molecule has 1 fully saturated rings. The molecule has 0 amide bonds. The number of aliphatic hydroxyl groups is 1. The molecule has 5 heteroatoms. The van der Waals surface area contributed by atoms with Crippen molar-refractivity contribution in [3.05, 3.63) is 0 Å². The predicted molar refractivity (Wildman–Crippen MR) is 60.3 cm³/mol. The van der Waals surface area contributed by atoms with Gasteiger partial charge in [0, 0.05) is 19.4 Å². The number of carbonyl (C=O) groups excluding carboxylic acids is 1. The minimum absolute atomic E-state index is 0.111. The van der Waals surface area contributed by atoms with Gasteiger partial charge in [-0.05, 0) is 12.8 Å². The summed E-state index contributed by atoms with van der Waals surface area (Å²) in [5, 5.41) is 10.2. The molecule has 1 aliphatic heterocycles. The van der Waals surface area contributed by atoms with Crippen LogP contribution < -0.4 is 0 Å². The molecule has 17 heavy (non-hydrogen) atoms. The molecule has 1 aliphatic rings. The van der Waals surface area contributed by atoms with Crippen LogP contribution in [0, 0.1) is 5.92 Å². The normalized spacial score (nSPS) is 31.3. The van der Waals surface area contributed by atoms with E-state index in [1.165, 1.54) is 0 Å². The molecule has 1 saturated heterocycles. The molecule has 0 bridgehead atoms. The van der Waals surface area contributed by atoms with Crippen molar-refractivity contribution in [1.82, 2.24) is 0 Å². The summed E-state index contributed by atoms with van der Waals surface area (Å²) in [4.78, 5) is 11.3. The number of hydrogen-bond acceptors (Lipinski definition) is 4. The molecule has 100 valence electrons. The molecule has 0 radical (unpaired) electrons. The zero-order valence-electron chi connectivity index (χ0n) is 10.6. The number of ether oxygens (including phenoxy) is 2. The van der Waals surface area contributed by atoms with Crippen molar-refractivity contribution in [3.63, 3.8) is 0 Å². The molecule has 3 unspecified atom stereocenters. The Hall–Kier alpha value is -0.680. The van der Waals surface area contributed by atoms with Gasteiger partial charge in [0.15, 0.2) is 0 Å². The Morgan fingerprint density at radius 1 is 1.65 bits per heavy atom. The van der Waals surface area contributed by atoms with Crippen LogP contribution in [0.2, 0.25) is 0 Å². The highest BCUT2D eigenvalue weighted by molar-refractivity contribution is 5.76. The quantitative estimate of drug-likeness (QED) is 0.765. The van der Waals surface area contributed by atoms with Gasteiger partial charge in [-0.2, -0.15) is 0 Å². The minimum atomic E-state index is -1.99. The lowest BCUT2D eigenvalue weighted by Crippen LogP contribution is -2.52. The molecule has 3 atom stereocenters. The van der Waals surface area contributed by atoms with Crippen LogP contribution in [0.3, 0.4) is 0 Å². The first-order chi connectivity index (χ1) is 7.90. The molecule has 0 spiro atoms. The highest BCUT2D eigenvalue weighted by Crippen LogP contribution is 2.33. The van der Waals surface area contributed by atoms with E-state index in [2.05, 4.69) is 4.74 Å². The fraction of sp³-hybridized carbons (Fsp3) is 0.917. The highest BCUT2D eigenvalue weighted by atomic mass is 19.1. The summed E-state index contributed by atoms with van der Waals surface area (Å²) in [6, 6.07) is 0. The second-order valence-electron chi connectivity index (χ2n) is 4.83.